The number of nitrogens with one attached hydrogen (secondary N) is 1. The van der Waals surface area contributed by atoms with Gasteiger partial charge in [-0.3, -0.25) is 9.59 Å². The molecule has 1 N–H and O–H groups in total. The average Bonchev–Trinajstić information content (AvgIpc) is 2.67. The number of hydrogen-bond donors (Lipinski definition) is 1. The van der Waals surface area contributed by atoms with Crippen molar-refractivity contribution in [3.63, 3.8) is 0 Å². The largest absolute Gasteiger partial charge is 0.350 e. The Morgan fingerprint density at radius 3 is 2.17 bits per heavy atom. The van der Waals surface area contributed by atoms with E-state index in [0.29, 0.717) is 12.3 Å². The molecule has 1 unspecified atom stereocenters. The highest BCUT2D eigenvalue weighted by Crippen LogP contribution is 2.17. The van der Waals surface area contributed by atoms with Gasteiger partial charge in [-0.1, -0.05) is 42.0 Å². The van der Waals surface area contributed by atoms with Crippen molar-refractivity contribution in [3.8, 4) is 0 Å². The number of halogens is 1. The molecule has 2 aromatic carbocycles. The van der Waals surface area contributed by atoms with Crippen LogP contribution in [-0.2, 0) is 21.9 Å². The predicted octanol–water partition coefficient (Wildman–Crippen LogP) is 4.70. The molecule has 162 valence electrons. The zero-order valence-electron chi connectivity index (χ0n) is 18.4. The number of amides is 2. The summed E-state index contributed by atoms with van der Waals surface area (Å²) in [4.78, 5) is 27.4. The zero-order valence-corrected chi connectivity index (χ0v) is 19.2. The van der Waals surface area contributed by atoms with Crippen LogP contribution in [0.5, 0.6) is 0 Å². The number of benzene rings is 2. The summed E-state index contributed by atoms with van der Waals surface area (Å²) in [5.74, 6) is 0.303. The highest BCUT2D eigenvalue weighted by atomic mass is 32.2. The highest BCUT2D eigenvalue weighted by molar-refractivity contribution is 7.99. The van der Waals surface area contributed by atoms with Crippen molar-refractivity contribution in [2.45, 2.75) is 58.5 Å². The van der Waals surface area contributed by atoms with E-state index in [1.165, 1.54) is 23.9 Å². The summed E-state index contributed by atoms with van der Waals surface area (Å²) in [6.45, 7) is 9.90. The Bertz CT molecular complexity index is 845. The van der Waals surface area contributed by atoms with Crippen molar-refractivity contribution >= 4 is 23.6 Å². The first-order valence-corrected chi connectivity index (χ1v) is 11.2. The van der Waals surface area contributed by atoms with Gasteiger partial charge >= 0.3 is 0 Å². The van der Waals surface area contributed by atoms with Gasteiger partial charge in [-0.2, -0.15) is 0 Å². The Balaban J connectivity index is 2.08. The quantitative estimate of drug-likeness (QED) is 0.660. The lowest BCUT2D eigenvalue weighted by molar-refractivity contribution is -0.139. The molecule has 0 bridgehead atoms. The van der Waals surface area contributed by atoms with Gasteiger partial charge in [0.05, 0.1) is 5.75 Å². The van der Waals surface area contributed by atoms with Crippen molar-refractivity contribution < 1.29 is 14.0 Å². The van der Waals surface area contributed by atoms with Crippen LogP contribution < -0.4 is 5.32 Å². The van der Waals surface area contributed by atoms with E-state index < -0.39 is 6.04 Å². The molecule has 0 aliphatic carbocycles. The molecular formula is C24H31FN2O2S. The molecule has 2 rings (SSSR count). The number of carbonyl (C=O) groups is 2. The topological polar surface area (TPSA) is 49.4 Å². The van der Waals surface area contributed by atoms with Gasteiger partial charge in [0.1, 0.15) is 11.9 Å². The van der Waals surface area contributed by atoms with Crippen LogP contribution in [0.1, 0.15) is 44.4 Å². The lowest BCUT2D eigenvalue weighted by atomic mass is 10.1. The Hall–Kier alpha value is -2.34. The normalized spacial score (nSPS) is 12.3. The molecule has 0 fully saturated rings. The van der Waals surface area contributed by atoms with Crippen LogP contribution in [0.2, 0.25) is 0 Å². The third-order valence-electron chi connectivity index (χ3n) is 4.55. The number of rotatable bonds is 8. The second-order valence-electron chi connectivity index (χ2n) is 8.54. The minimum Gasteiger partial charge on any atom is -0.350 e. The van der Waals surface area contributed by atoms with Crippen LogP contribution in [0.4, 0.5) is 4.39 Å². The highest BCUT2D eigenvalue weighted by Gasteiger charge is 2.28. The molecule has 0 radical (unpaired) electrons. The maximum absolute atomic E-state index is 13.1. The number of carbonyl (C=O) groups excluding carboxylic acids is 2. The predicted molar refractivity (Wildman–Crippen MR) is 122 cm³/mol. The standard InChI is InChI=1S/C24H31FN2O2S/c1-17-6-8-19(9-7-17)14-27(18(2)23(29)26-24(3,4)5)22(28)16-30-15-20-10-12-21(25)13-11-20/h6-13,18H,14-16H2,1-5H3,(H,26,29). The monoisotopic (exact) mass is 430 g/mol. The Morgan fingerprint density at radius 2 is 1.60 bits per heavy atom. The maximum atomic E-state index is 13.1. The fourth-order valence-electron chi connectivity index (χ4n) is 2.87. The first-order chi connectivity index (χ1) is 14.0. The van der Waals surface area contributed by atoms with Crippen LogP contribution in [-0.4, -0.2) is 34.0 Å². The van der Waals surface area contributed by atoms with Gasteiger partial charge in [0.2, 0.25) is 11.8 Å². The third kappa shape index (κ3) is 7.82. The second kappa shape index (κ2) is 10.6. The molecule has 0 saturated carbocycles. The van der Waals surface area contributed by atoms with Crippen molar-refractivity contribution in [1.82, 2.24) is 10.2 Å². The van der Waals surface area contributed by atoms with Crippen molar-refractivity contribution in [3.05, 3.63) is 71.0 Å². The van der Waals surface area contributed by atoms with Gasteiger partial charge in [0, 0.05) is 17.8 Å². The zero-order chi connectivity index (χ0) is 22.3. The average molecular weight is 431 g/mol. The van der Waals surface area contributed by atoms with Crippen molar-refractivity contribution in [1.29, 1.82) is 0 Å². The van der Waals surface area contributed by atoms with Gasteiger partial charge < -0.3 is 10.2 Å². The number of aryl methyl sites for hydroxylation is 1. The Morgan fingerprint density at radius 1 is 1.03 bits per heavy atom. The van der Waals surface area contributed by atoms with E-state index >= 15 is 0 Å². The van der Waals surface area contributed by atoms with E-state index in [-0.39, 0.29) is 28.9 Å². The Kier molecular flexibility index (Phi) is 8.47. The fraction of sp³-hybridized carbons (Fsp3) is 0.417. The first-order valence-electron chi connectivity index (χ1n) is 10.0. The molecule has 1 atom stereocenters. The van der Waals surface area contributed by atoms with Crippen LogP contribution >= 0.6 is 11.8 Å². The summed E-state index contributed by atoms with van der Waals surface area (Å²) >= 11 is 1.46. The lowest BCUT2D eigenvalue weighted by Crippen LogP contribution is -2.52. The lowest BCUT2D eigenvalue weighted by Gasteiger charge is -2.31. The molecule has 30 heavy (non-hydrogen) atoms. The molecule has 4 nitrogen and oxygen atoms in total. The van der Waals surface area contributed by atoms with Crippen LogP contribution in [0.25, 0.3) is 0 Å². The van der Waals surface area contributed by atoms with Crippen LogP contribution in [0.15, 0.2) is 48.5 Å². The Labute approximate surface area is 183 Å². The summed E-state index contributed by atoms with van der Waals surface area (Å²) in [5, 5.41) is 2.96. The van der Waals surface area contributed by atoms with Gasteiger partial charge in [0.15, 0.2) is 0 Å². The van der Waals surface area contributed by atoms with E-state index in [1.807, 2.05) is 52.0 Å². The van der Waals surface area contributed by atoms with Gasteiger partial charge in [-0.05, 0) is 57.9 Å². The molecular weight excluding hydrogens is 399 g/mol. The van der Waals surface area contributed by atoms with E-state index in [2.05, 4.69) is 5.32 Å². The summed E-state index contributed by atoms with van der Waals surface area (Å²) in [6, 6.07) is 13.6. The van der Waals surface area contributed by atoms with Gasteiger partial charge in [-0.15, -0.1) is 11.8 Å². The minimum absolute atomic E-state index is 0.0979. The molecule has 0 heterocycles. The minimum atomic E-state index is -0.593. The van der Waals surface area contributed by atoms with E-state index in [1.54, 1.807) is 24.0 Å². The summed E-state index contributed by atoms with van der Waals surface area (Å²) in [6.07, 6.45) is 0. The SMILES string of the molecule is Cc1ccc(CN(C(=O)CSCc2ccc(F)cc2)C(C)C(=O)NC(C)(C)C)cc1. The molecule has 6 heteroatoms. The number of nitrogens with zero attached hydrogens (tertiary/aromatic N) is 1. The molecule has 2 aromatic rings. The first kappa shape index (κ1) is 23.9. The molecule has 0 saturated heterocycles. The second-order valence-corrected chi connectivity index (χ2v) is 9.53. The molecule has 2 amide bonds. The van der Waals surface area contributed by atoms with Crippen molar-refractivity contribution in [2.24, 2.45) is 0 Å². The molecule has 0 aliphatic rings. The van der Waals surface area contributed by atoms with Gasteiger partial charge in [-0.25, -0.2) is 4.39 Å². The molecule has 0 aliphatic heterocycles. The summed E-state index contributed by atoms with van der Waals surface area (Å²) in [7, 11) is 0. The summed E-state index contributed by atoms with van der Waals surface area (Å²) < 4.78 is 13.1. The summed E-state index contributed by atoms with van der Waals surface area (Å²) in [5.41, 5.74) is 2.71. The van der Waals surface area contributed by atoms with Crippen LogP contribution in [0.3, 0.4) is 0 Å². The van der Waals surface area contributed by atoms with Gasteiger partial charge in [0.25, 0.3) is 0 Å². The maximum Gasteiger partial charge on any atom is 0.242 e. The van der Waals surface area contributed by atoms with E-state index in [4.69, 9.17) is 0 Å². The molecule has 0 aromatic heterocycles. The molecule has 0 spiro atoms. The van der Waals surface area contributed by atoms with E-state index in [9.17, 15) is 14.0 Å². The number of thioether (sulfide) groups is 1. The van der Waals surface area contributed by atoms with E-state index in [0.717, 1.165) is 16.7 Å². The van der Waals surface area contributed by atoms with Crippen LogP contribution in [0, 0.1) is 12.7 Å². The van der Waals surface area contributed by atoms with Crippen molar-refractivity contribution in [2.75, 3.05) is 5.75 Å². The smallest absolute Gasteiger partial charge is 0.242 e. The fourth-order valence-corrected chi connectivity index (χ4v) is 3.74. The third-order valence-corrected chi connectivity index (χ3v) is 5.54. The number of hydrogen-bond acceptors (Lipinski definition) is 3.